The Labute approximate surface area is 107 Å². The molecule has 1 aromatic carbocycles. The van der Waals surface area contributed by atoms with Gasteiger partial charge >= 0.3 is 5.97 Å². The van der Waals surface area contributed by atoms with Crippen molar-refractivity contribution in [2.75, 3.05) is 7.11 Å². The van der Waals surface area contributed by atoms with Crippen molar-refractivity contribution in [3.8, 4) is 11.3 Å². The first-order valence-corrected chi connectivity index (χ1v) is 5.85. The van der Waals surface area contributed by atoms with Gasteiger partial charge in [-0.25, -0.2) is 4.98 Å². The van der Waals surface area contributed by atoms with Crippen LogP contribution in [-0.4, -0.2) is 23.0 Å². The van der Waals surface area contributed by atoms with Crippen LogP contribution in [0, 0.1) is 0 Å². The molecule has 0 aliphatic carbocycles. The summed E-state index contributed by atoms with van der Waals surface area (Å²) in [6.07, 6.45) is 1.87. The standard InChI is InChI=1S/C12H11BrN2O2/c1-17-12(16)6-11-14-7-10(15-11)8-3-2-4-9(13)5-8/h2-5,7H,6H2,1H3,(H,14,15). The SMILES string of the molecule is COC(=O)Cc1ncc(-c2cccc(Br)c2)[nH]1. The molecule has 0 bridgehead atoms. The van der Waals surface area contributed by atoms with Crippen LogP contribution in [0.15, 0.2) is 34.9 Å². The topological polar surface area (TPSA) is 55.0 Å². The number of nitrogens with one attached hydrogen (secondary N) is 1. The number of halogens is 1. The minimum atomic E-state index is -0.305. The molecule has 88 valence electrons. The van der Waals surface area contributed by atoms with E-state index in [-0.39, 0.29) is 12.4 Å². The summed E-state index contributed by atoms with van der Waals surface area (Å²) >= 11 is 3.41. The minimum absolute atomic E-state index is 0.157. The Morgan fingerprint density at radius 2 is 2.35 bits per heavy atom. The van der Waals surface area contributed by atoms with Gasteiger partial charge in [0.05, 0.1) is 19.0 Å². The van der Waals surface area contributed by atoms with Gasteiger partial charge in [-0.2, -0.15) is 0 Å². The second kappa shape index (κ2) is 5.14. The Morgan fingerprint density at radius 1 is 1.53 bits per heavy atom. The molecule has 0 aliphatic heterocycles. The smallest absolute Gasteiger partial charge is 0.313 e. The lowest BCUT2D eigenvalue weighted by atomic mass is 10.2. The first kappa shape index (κ1) is 11.9. The molecule has 1 heterocycles. The van der Waals surface area contributed by atoms with Crippen LogP contribution in [0.5, 0.6) is 0 Å². The molecule has 0 aliphatic rings. The van der Waals surface area contributed by atoms with Gasteiger partial charge in [0.1, 0.15) is 12.2 Å². The Kier molecular flexibility index (Phi) is 3.58. The first-order chi connectivity index (χ1) is 8.19. The summed E-state index contributed by atoms with van der Waals surface area (Å²) in [7, 11) is 1.36. The second-order valence-electron chi connectivity index (χ2n) is 3.51. The van der Waals surface area contributed by atoms with Gasteiger partial charge in [-0.05, 0) is 12.1 Å². The molecule has 17 heavy (non-hydrogen) atoms. The molecule has 2 aromatic rings. The highest BCUT2D eigenvalue weighted by Gasteiger charge is 2.08. The van der Waals surface area contributed by atoms with Crippen LogP contribution in [0.4, 0.5) is 0 Å². The van der Waals surface area contributed by atoms with E-state index < -0.39 is 0 Å². The lowest BCUT2D eigenvalue weighted by Crippen LogP contribution is -2.05. The highest BCUT2D eigenvalue weighted by atomic mass is 79.9. The number of aromatic amines is 1. The summed E-state index contributed by atoms with van der Waals surface area (Å²) < 4.78 is 5.58. The van der Waals surface area contributed by atoms with E-state index >= 15 is 0 Å². The van der Waals surface area contributed by atoms with Crippen LogP contribution in [0.1, 0.15) is 5.82 Å². The van der Waals surface area contributed by atoms with E-state index in [1.54, 1.807) is 6.20 Å². The van der Waals surface area contributed by atoms with Crippen LogP contribution >= 0.6 is 15.9 Å². The van der Waals surface area contributed by atoms with Gasteiger partial charge in [0.2, 0.25) is 0 Å². The minimum Gasteiger partial charge on any atom is -0.469 e. The summed E-state index contributed by atoms with van der Waals surface area (Å²) in [4.78, 5) is 18.3. The molecule has 1 N–H and O–H groups in total. The van der Waals surface area contributed by atoms with Crippen molar-refractivity contribution >= 4 is 21.9 Å². The van der Waals surface area contributed by atoms with Gasteiger partial charge in [0.15, 0.2) is 0 Å². The van der Waals surface area contributed by atoms with Gasteiger partial charge in [-0.15, -0.1) is 0 Å². The molecule has 0 saturated carbocycles. The third-order valence-electron chi connectivity index (χ3n) is 2.30. The summed E-state index contributed by atoms with van der Waals surface area (Å²) in [5.74, 6) is 0.298. The normalized spacial score (nSPS) is 10.2. The van der Waals surface area contributed by atoms with Crippen molar-refractivity contribution in [3.05, 3.63) is 40.8 Å². The Bertz CT molecular complexity index is 537. The molecule has 4 nitrogen and oxygen atoms in total. The Morgan fingerprint density at radius 3 is 3.06 bits per heavy atom. The number of carbonyl (C=O) groups is 1. The third kappa shape index (κ3) is 2.94. The average molecular weight is 295 g/mol. The molecule has 0 saturated heterocycles. The van der Waals surface area contributed by atoms with Gasteiger partial charge in [0, 0.05) is 10.0 Å². The Hall–Kier alpha value is -1.62. The maximum absolute atomic E-state index is 11.1. The van der Waals surface area contributed by atoms with Crippen molar-refractivity contribution in [2.45, 2.75) is 6.42 Å². The van der Waals surface area contributed by atoms with E-state index in [0.717, 1.165) is 15.7 Å². The van der Waals surface area contributed by atoms with Crippen LogP contribution in [0.25, 0.3) is 11.3 Å². The first-order valence-electron chi connectivity index (χ1n) is 5.05. The van der Waals surface area contributed by atoms with E-state index in [4.69, 9.17) is 0 Å². The molecule has 5 heteroatoms. The number of rotatable bonds is 3. The number of nitrogens with zero attached hydrogens (tertiary/aromatic N) is 1. The molecule has 0 spiro atoms. The molecule has 2 rings (SSSR count). The molecule has 0 atom stereocenters. The fraction of sp³-hybridized carbons (Fsp3) is 0.167. The lowest BCUT2D eigenvalue weighted by molar-refractivity contribution is -0.139. The van der Waals surface area contributed by atoms with E-state index in [1.165, 1.54) is 7.11 Å². The number of benzene rings is 1. The number of hydrogen-bond donors (Lipinski definition) is 1. The number of H-pyrrole nitrogens is 1. The average Bonchev–Trinajstić information content (AvgIpc) is 2.77. The number of hydrogen-bond acceptors (Lipinski definition) is 3. The number of esters is 1. The van der Waals surface area contributed by atoms with E-state index in [9.17, 15) is 4.79 Å². The third-order valence-corrected chi connectivity index (χ3v) is 2.80. The lowest BCUT2D eigenvalue weighted by Gasteiger charge is -1.98. The zero-order valence-corrected chi connectivity index (χ0v) is 10.8. The monoisotopic (exact) mass is 294 g/mol. The maximum Gasteiger partial charge on any atom is 0.313 e. The fourth-order valence-electron chi connectivity index (χ4n) is 1.46. The van der Waals surface area contributed by atoms with Crippen LogP contribution < -0.4 is 0 Å². The summed E-state index contributed by atoms with van der Waals surface area (Å²) in [6.45, 7) is 0. The highest BCUT2D eigenvalue weighted by molar-refractivity contribution is 9.10. The quantitative estimate of drug-likeness (QED) is 0.885. The van der Waals surface area contributed by atoms with Gasteiger partial charge in [-0.1, -0.05) is 28.1 Å². The predicted octanol–water partition coefficient (Wildman–Crippen LogP) is 2.55. The molecule has 0 radical (unpaired) electrons. The molecule has 0 fully saturated rings. The fourth-order valence-corrected chi connectivity index (χ4v) is 1.86. The maximum atomic E-state index is 11.1. The number of carbonyl (C=O) groups excluding carboxylic acids is 1. The number of ether oxygens (including phenoxy) is 1. The highest BCUT2D eigenvalue weighted by Crippen LogP contribution is 2.21. The van der Waals surface area contributed by atoms with Crippen LogP contribution in [0.3, 0.4) is 0 Å². The van der Waals surface area contributed by atoms with Gasteiger partial charge in [-0.3, -0.25) is 4.79 Å². The van der Waals surface area contributed by atoms with Crippen LogP contribution in [-0.2, 0) is 16.0 Å². The number of aromatic nitrogens is 2. The Balaban J connectivity index is 2.21. The molecular formula is C12H11BrN2O2. The molecule has 1 aromatic heterocycles. The van der Waals surface area contributed by atoms with Crippen molar-refractivity contribution < 1.29 is 9.53 Å². The van der Waals surface area contributed by atoms with Gasteiger partial charge in [0.25, 0.3) is 0 Å². The summed E-state index contributed by atoms with van der Waals surface area (Å²) in [5.41, 5.74) is 1.90. The van der Waals surface area contributed by atoms with E-state index in [2.05, 4.69) is 30.6 Å². The van der Waals surface area contributed by atoms with E-state index in [1.807, 2.05) is 24.3 Å². The van der Waals surface area contributed by atoms with Crippen molar-refractivity contribution in [2.24, 2.45) is 0 Å². The second-order valence-corrected chi connectivity index (χ2v) is 4.42. The molecule has 0 unspecified atom stereocenters. The van der Waals surface area contributed by atoms with Crippen molar-refractivity contribution in [1.82, 2.24) is 9.97 Å². The zero-order chi connectivity index (χ0) is 12.3. The number of methoxy groups -OCH3 is 1. The molecule has 0 amide bonds. The van der Waals surface area contributed by atoms with Crippen LogP contribution in [0.2, 0.25) is 0 Å². The zero-order valence-electron chi connectivity index (χ0n) is 9.24. The predicted molar refractivity (Wildman–Crippen MR) is 67.4 cm³/mol. The van der Waals surface area contributed by atoms with Crippen molar-refractivity contribution in [3.63, 3.8) is 0 Å². The largest absolute Gasteiger partial charge is 0.469 e. The summed E-state index contributed by atoms with van der Waals surface area (Å²) in [6, 6.07) is 7.85. The number of imidazole rings is 1. The van der Waals surface area contributed by atoms with Crippen molar-refractivity contribution in [1.29, 1.82) is 0 Å². The summed E-state index contributed by atoms with van der Waals surface area (Å²) in [5, 5.41) is 0. The van der Waals surface area contributed by atoms with Gasteiger partial charge < -0.3 is 9.72 Å². The molecular weight excluding hydrogens is 284 g/mol. The van der Waals surface area contributed by atoms with E-state index in [0.29, 0.717) is 5.82 Å².